The normalized spacial score (nSPS) is 16.7. The SMILES string of the molecule is C=C1NC(C)(C)CCC1C(C)C.C=C1Nc2ccccc2C1C(C)C.C=C1Nc2ccccc2C1C(C)C.C=C1Nc2ccccc2CN1C(C)C.C=C1Nc2ccccc2N1C(C)C.C=C1Nc2ccccc2NC1C(C)C.CC(C)C1CC(=O)Nc2ccccc21.CC(C)c1[nH]nc2ccccc12.CC(C)c1cc(=O)[nH]c2ccccc12.CC(C)c1cc2ccccc2[nH]c1=O.CC(C)c1cncc2ccccc12. The van der Waals surface area contributed by atoms with Crippen molar-refractivity contribution in [1.82, 2.24) is 35.4 Å². The average Bonchev–Trinajstić information content (AvgIpc) is 1.67. The quantitative estimate of drug-likeness (QED) is 0.0579. The number of amides is 1. The van der Waals surface area contributed by atoms with E-state index in [0.29, 0.717) is 89.6 Å². The van der Waals surface area contributed by atoms with Crippen molar-refractivity contribution in [3.8, 4) is 0 Å². The highest BCUT2D eigenvalue weighted by Gasteiger charge is 2.33. The summed E-state index contributed by atoms with van der Waals surface area (Å²) in [7, 11) is 0. The molecule has 146 heavy (non-hydrogen) atoms. The van der Waals surface area contributed by atoms with Gasteiger partial charge in [-0.3, -0.25) is 24.5 Å². The van der Waals surface area contributed by atoms with Gasteiger partial charge in [0.15, 0.2) is 0 Å². The third kappa shape index (κ3) is 29.5. The predicted octanol–water partition coefficient (Wildman–Crippen LogP) is 32.4. The maximum absolute atomic E-state index is 11.6. The van der Waals surface area contributed by atoms with Crippen LogP contribution in [0.1, 0.15) is 271 Å². The van der Waals surface area contributed by atoms with Gasteiger partial charge in [0.25, 0.3) is 5.56 Å². The Morgan fingerprint density at radius 3 is 1.41 bits per heavy atom. The summed E-state index contributed by atoms with van der Waals surface area (Å²) in [5.74, 6) is 8.84. The minimum Gasteiger partial charge on any atom is -0.384 e. The molecule has 7 aliphatic rings. The minimum absolute atomic E-state index is 0.0209. The Morgan fingerprint density at radius 2 is 0.856 bits per heavy atom. The number of anilines is 8. The van der Waals surface area contributed by atoms with Gasteiger partial charge in [-0.15, -0.1) is 0 Å². The first kappa shape index (κ1) is 112. The smallest absolute Gasteiger partial charge is 0.251 e. The Balaban J connectivity index is 0.000000153. The van der Waals surface area contributed by atoms with Crippen molar-refractivity contribution < 1.29 is 4.79 Å². The van der Waals surface area contributed by atoms with Crippen molar-refractivity contribution in [1.29, 1.82) is 0 Å². The number of carbonyl (C=O) groups excluding carboxylic acids is 1. The topological polar surface area (TPSA) is 227 Å². The molecule has 1 amide bonds. The highest BCUT2D eigenvalue weighted by molar-refractivity contribution is 5.95. The number of nitrogens with one attached hydrogen (secondary N) is 11. The first-order valence-corrected chi connectivity index (χ1v) is 52.4. The maximum Gasteiger partial charge on any atom is 0.251 e. The van der Waals surface area contributed by atoms with E-state index in [-0.39, 0.29) is 28.5 Å². The number of aromatic amines is 3. The van der Waals surface area contributed by atoms with E-state index in [9.17, 15) is 14.4 Å². The highest BCUT2D eigenvalue weighted by atomic mass is 16.2. The second-order valence-corrected chi connectivity index (χ2v) is 43.1. The Labute approximate surface area is 870 Å². The Bertz CT molecular complexity index is 6670. The van der Waals surface area contributed by atoms with Gasteiger partial charge in [0, 0.05) is 151 Å². The number of hydrogen-bond acceptors (Lipinski definition) is 14. The molecular weight excluding hydrogens is 1800 g/mol. The molecule has 14 aromatic rings. The second-order valence-electron chi connectivity index (χ2n) is 43.1. The van der Waals surface area contributed by atoms with Crippen LogP contribution < -0.4 is 58.6 Å². The first-order valence-electron chi connectivity index (χ1n) is 52.4. The van der Waals surface area contributed by atoms with Crippen LogP contribution in [-0.4, -0.2) is 59.6 Å². The van der Waals surface area contributed by atoms with Crippen molar-refractivity contribution in [3.05, 3.63) is 406 Å². The summed E-state index contributed by atoms with van der Waals surface area (Å²) < 4.78 is 0. The molecule has 7 aliphatic heterocycles. The number of piperidine rings is 1. The fraction of sp³-hybridized carbons (Fsp3) is 0.352. The van der Waals surface area contributed by atoms with Gasteiger partial charge in [-0.05, 0) is 231 Å². The molecule has 18 heteroatoms. The summed E-state index contributed by atoms with van der Waals surface area (Å²) in [4.78, 5) is 48.8. The Kier molecular flexibility index (Phi) is 39.8. The van der Waals surface area contributed by atoms with E-state index in [2.05, 4.69) is 397 Å². The fourth-order valence-corrected chi connectivity index (χ4v) is 19.9. The van der Waals surface area contributed by atoms with Gasteiger partial charge in [-0.2, -0.15) is 5.10 Å². The highest BCUT2D eigenvalue weighted by Crippen LogP contribution is 2.45. The van der Waals surface area contributed by atoms with Crippen molar-refractivity contribution >= 4 is 94.9 Å². The molecule has 10 aromatic carbocycles. The van der Waals surface area contributed by atoms with Gasteiger partial charge < -0.3 is 62.3 Å². The van der Waals surface area contributed by atoms with Crippen LogP contribution in [0.4, 0.5) is 45.5 Å². The molecule has 4 aromatic heterocycles. The van der Waals surface area contributed by atoms with Crippen molar-refractivity contribution in [2.75, 3.05) is 42.1 Å². The number of rotatable bonds is 11. The lowest BCUT2D eigenvalue weighted by atomic mass is 9.80. The van der Waals surface area contributed by atoms with E-state index in [0.717, 1.165) is 96.7 Å². The van der Waals surface area contributed by atoms with Crippen LogP contribution in [0.15, 0.2) is 351 Å². The van der Waals surface area contributed by atoms with Crippen molar-refractivity contribution in [3.63, 3.8) is 0 Å². The van der Waals surface area contributed by atoms with Gasteiger partial charge in [0.05, 0.1) is 40.1 Å². The molecule has 21 rings (SSSR count). The molecule has 1 saturated heterocycles. The molecular formula is C128H163N15O3. The van der Waals surface area contributed by atoms with Crippen LogP contribution in [-0.2, 0) is 11.3 Å². The van der Waals surface area contributed by atoms with Gasteiger partial charge >= 0.3 is 0 Å². The van der Waals surface area contributed by atoms with Gasteiger partial charge in [0.1, 0.15) is 5.82 Å². The number of benzene rings is 10. The van der Waals surface area contributed by atoms with E-state index >= 15 is 0 Å². The number of allylic oxidation sites excluding steroid dienone is 3. The third-order valence-electron chi connectivity index (χ3n) is 27.6. The first-order chi connectivity index (χ1) is 69.5. The molecule has 18 nitrogen and oxygen atoms in total. The largest absolute Gasteiger partial charge is 0.384 e. The summed E-state index contributed by atoms with van der Waals surface area (Å²) in [6, 6.07) is 87.1. The van der Waals surface area contributed by atoms with E-state index < -0.39 is 0 Å². The molecule has 1 fully saturated rings. The molecule has 5 unspecified atom stereocenters. The fourth-order valence-electron chi connectivity index (χ4n) is 19.9. The summed E-state index contributed by atoms with van der Waals surface area (Å²) in [6.07, 6.45) is 7.05. The standard InChI is InChI=1S/2C12H16N2.C12H15NO.2C12H13NO.2C12H15N.C12H13N.C11H14N2.C11H21N.C10H12N2/c1-9(2)14-8-11-6-4-5-7-12(11)13-10(14)3;1-8(2)12-9(3)13-10-6-4-5-7-11(10)14-12;2*1-8(2)10-7-12(14)13-11-6-4-3-5-9(10)11;1-8(2)10-7-9-5-3-4-6-11(9)13-12(10)14;2*1-8(2)12-9(3)13-11-7-5-4-6-10(11)12;1-9(2)12-8-13-7-10-5-3-4-6-11(10)12;1-8(2)13-9(3)12-10-6-4-5-7-11(10)13;1-8(2)10-6-7-11(4,5)12-9(10)3;1-7(2)10-8-5-3-4-6-9(8)11-12-10/h4-7,9,13H,3,8H2,1-2H3;4-8,12-14H,3H2,1-2H3;3-6,8,10H,7H2,1-2H3,(H,13,14);2*3-8H,1-2H3,(H,13,14);2*4-8,12-13H,3H2,1-2H3;3-9H,1-2H3;4-8,12H,3H2,1-2H3;8,10,12H,3,6-7H2,1-2,4-5H3;3-7H,1-2H3,(H,11,12). The van der Waals surface area contributed by atoms with Crippen LogP contribution in [0, 0.1) is 35.5 Å². The number of H-pyrrole nitrogens is 3. The summed E-state index contributed by atoms with van der Waals surface area (Å²) in [5, 5.41) is 39.8. The zero-order valence-electron chi connectivity index (χ0n) is 91.2. The van der Waals surface area contributed by atoms with E-state index in [1.54, 1.807) is 6.07 Å². The van der Waals surface area contributed by atoms with E-state index in [4.69, 9.17) is 0 Å². The Morgan fingerprint density at radius 1 is 0.377 bits per heavy atom. The molecule has 11 N–H and O–H groups in total. The van der Waals surface area contributed by atoms with Gasteiger partial charge in [-0.25, -0.2) is 0 Å². The van der Waals surface area contributed by atoms with Crippen LogP contribution in [0.3, 0.4) is 0 Å². The van der Waals surface area contributed by atoms with Gasteiger partial charge in [-0.1, -0.05) is 340 Å². The zero-order valence-corrected chi connectivity index (χ0v) is 91.2. The monoisotopic (exact) mass is 1960 g/mol. The number of aromatic nitrogens is 5. The molecule has 0 saturated carbocycles. The third-order valence-corrected chi connectivity index (χ3v) is 27.6. The van der Waals surface area contributed by atoms with Crippen molar-refractivity contribution in [2.45, 2.75) is 257 Å². The summed E-state index contributed by atoms with van der Waals surface area (Å²) in [6.45, 7) is 77.6. The second kappa shape index (κ2) is 51.9. The number of carbonyl (C=O) groups is 1. The zero-order chi connectivity index (χ0) is 106. The van der Waals surface area contributed by atoms with Gasteiger partial charge in [0.2, 0.25) is 11.5 Å². The van der Waals surface area contributed by atoms with Crippen LogP contribution in [0.25, 0.3) is 43.5 Å². The average molecular weight is 1960 g/mol. The number of para-hydroxylation sites is 11. The van der Waals surface area contributed by atoms with E-state index in [1.807, 2.05) is 148 Å². The van der Waals surface area contributed by atoms with Crippen LogP contribution in [0.5, 0.6) is 0 Å². The lowest BCUT2D eigenvalue weighted by Gasteiger charge is -2.40. The predicted molar refractivity (Wildman–Crippen MR) is 626 cm³/mol. The molecule has 5 atom stereocenters. The molecule has 0 bridgehead atoms. The Hall–Kier alpha value is -14.4. The lowest BCUT2D eigenvalue weighted by molar-refractivity contribution is -0.117. The lowest BCUT2D eigenvalue weighted by Crippen LogP contribution is -2.45. The molecule has 0 spiro atoms. The van der Waals surface area contributed by atoms with Crippen LogP contribution in [0.2, 0.25) is 0 Å². The number of hydrogen-bond donors (Lipinski definition) is 11. The number of nitrogens with zero attached hydrogens (tertiary/aromatic N) is 4. The van der Waals surface area contributed by atoms with E-state index in [1.165, 1.54) is 96.6 Å². The molecule has 0 aliphatic carbocycles. The summed E-state index contributed by atoms with van der Waals surface area (Å²) in [5.41, 5.74) is 26.9. The molecule has 768 valence electrons. The number of pyridine rings is 3. The maximum atomic E-state index is 11.6. The molecule has 0 radical (unpaired) electrons. The van der Waals surface area contributed by atoms with Crippen LogP contribution >= 0.6 is 0 Å². The summed E-state index contributed by atoms with van der Waals surface area (Å²) >= 11 is 0. The van der Waals surface area contributed by atoms with Crippen molar-refractivity contribution in [2.24, 2.45) is 35.5 Å². The molecule has 11 heterocycles. The minimum atomic E-state index is -0.0209. The number of fused-ring (bicyclic) bond motifs is 10.